The van der Waals surface area contributed by atoms with Gasteiger partial charge in [0.1, 0.15) is 11.6 Å². The van der Waals surface area contributed by atoms with Crippen LogP contribution in [0.3, 0.4) is 0 Å². The van der Waals surface area contributed by atoms with E-state index >= 15 is 0 Å². The van der Waals surface area contributed by atoms with Crippen molar-refractivity contribution in [2.24, 2.45) is 4.99 Å². The number of hydrogen-bond donors (Lipinski definition) is 1. The zero-order valence-corrected chi connectivity index (χ0v) is 13.9. The molecule has 0 aromatic heterocycles. The Hall–Kier alpha value is -1.56. The van der Waals surface area contributed by atoms with Crippen molar-refractivity contribution >= 4 is 29.3 Å². The Labute approximate surface area is 130 Å². The molecule has 1 heterocycles. The lowest BCUT2D eigenvalue weighted by atomic mass is 10.0. The average molecular weight is 309 g/mol. The Morgan fingerprint density at radius 1 is 1.52 bits per heavy atom. The molecule has 21 heavy (non-hydrogen) atoms. The lowest BCUT2D eigenvalue weighted by Gasteiger charge is -2.23. The number of nitrogens with one attached hydrogen (secondary N) is 1. The minimum absolute atomic E-state index is 0.00193. The van der Waals surface area contributed by atoms with Gasteiger partial charge < -0.3 is 5.32 Å². The highest BCUT2D eigenvalue weighted by Gasteiger charge is 2.19. The number of dihydropyridines is 1. The standard InChI is InChI=1S/C15H23N3O2S/c1-5-6-7-16-14(20)9-18(10-19)21-15-13(4)11(2)8-12(3)17-15/h6-7,10,12H,5,8-9H2,1-4H3,(H,16,20)/b7-6+. The first-order valence-electron chi connectivity index (χ1n) is 7.06. The summed E-state index contributed by atoms with van der Waals surface area (Å²) in [5, 5.41) is 3.44. The second kappa shape index (κ2) is 8.67. The van der Waals surface area contributed by atoms with Crippen LogP contribution in [0.5, 0.6) is 0 Å². The highest BCUT2D eigenvalue weighted by Crippen LogP contribution is 2.26. The van der Waals surface area contributed by atoms with Crippen LogP contribution in [0.4, 0.5) is 0 Å². The predicted molar refractivity (Wildman–Crippen MR) is 87.8 cm³/mol. The van der Waals surface area contributed by atoms with Gasteiger partial charge in [-0.25, -0.2) is 0 Å². The Bertz CT molecular complexity index is 483. The van der Waals surface area contributed by atoms with Gasteiger partial charge in [0.05, 0.1) is 6.04 Å². The average Bonchev–Trinajstić information content (AvgIpc) is 2.43. The van der Waals surface area contributed by atoms with E-state index in [4.69, 9.17) is 0 Å². The fraction of sp³-hybridized carbons (Fsp3) is 0.533. The molecule has 1 rings (SSSR count). The minimum atomic E-state index is -0.220. The molecule has 6 heteroatoms. The van der Waals surface area contributed by atoms with E-state index in [1.165, 1.54) is 21.8 Å². The summed E-state index contributed by atoms with van der Waals surface area (Å²) in [6.45, 7) is 8.11. The molecule has 0 aromatic rings. The van der Waals surface area contributed by atoms with Crippen molar-refractivity contribution in [3.63, 3.8) is 0 Å². The Kier molecular flexibility index (Phi) is 7.22. The predicted octanol–water partition coefficient (Wildman–Crippen LogP) is 2.66. The van der Waals surface area contributed by atoms with Gasteiger partial charge in [-0.1, -0.05) is 18.6 Å². The quantitative estimate of drug-likeness (QED) is 0.606. The monoisotopic (exact) mass is 309 g/mol. The topological polar surface area (TPSA) is 61.8 Å². The van der Waals surface area contributed by atoms with E-state index in [0.717, 1.165) is 23.5 Å². The second-order valence-electron chi connectivity index (χ2n) is 5.04. The summed E-state index contributed by atoms with van der Waals surface area (Å²) < 4.78 is 1.36. The molecule has 0 saturated heterocycles. The SMILES string of the molecule is CC/C=C/NC(=O)CN(C=O)SC1=NC(C)CC(C)=C1C. The van der Waals surface area contributed by atoms with Crippen LogP contribution in [0, 0.1) is 0 Å². The number of allylic oxidation sites excluding steroid dienone is 1. The Balaban J connectivity index is 2.64. The lowest BCUT2D eigenvalue weighted by molar-refractivity contribution is -0.124. The summed E-state index contributed by atoms with van der Waals surface area (Å²) in [4.78, 5) is 27.4. The van der Waals surface area contributed by atoms with Gasteiger partial charge in [0.25, 0.3) is 0 Å². The van der Waals surface area contributed by atoms with Crippen molar-refractivity contribution in [1.82, 2.24) is 9.62 Å². The van der Waals surface area contributed by atoms with Gasteiger partial charge in [0.2, 0.25) is 12.3 Å². The van der Waals surface area contributed by atoms with Crippen molar-refractivity contribution in [3.8, 4) is 0 Å². The van der Waals surface area contributed by atoms with Crippen molar-refractivity contribution in [2.75, 3.05) is 6.54 Å². The third-order valence-corrected chi connectivity index (χ3v) is 4.15. The summed E-state index contributed by atoms with van der Waals surface area (Å²) in [7, 11) is 0. The van der Waals surface area contributed by atoms with E-state index in [1.54, 1.807) is 6.20 Å². The first-order chi connectivity index (χ1) is 9.97. The Morgan fingerprint density at radius 2 is 2.24 bits per heavy atom. The molecule has 0 fully saturated rings. The van der Waals surface area contributed by atoms with Crippen molar-refractivity contribution < 1.29 is 9.59 Å². The maximum atomic E-state index is 11.7. The number of nitrogens with zero attached hydrogens (tertiary/aromatic N) is 2. The van der Waals surface area contributed by atoms with Crippen LogP contribution in [0.2, 0.25) is 0 Å². The first kappa shape index (κ1) is 17.5. The molecular formula is C15H23N3O2S. The van der Waals surface area contributed by atoms with E-state index < -0.39 is 0 Å². The van der Waals surface area contributed by atoms with Gasteiger partial charge >= 0.3 is 0 Å². The summed E-state index contributed by atoms with van der Waals surface area (Å²) in [5.74, 6) is -0.220. The van der Waals surface area contributed by atoms with E-state index in [-0.39, 0.29) is 18.5 Å². The van der Waals surface area contributed by atoms with E-state index in [2.05, 4.69) is 17.2 Å². The third-order valence-electron chi connectivity index (χ3n) is 3.12. The van der Waals surface area contributed by atoms with Crippen LogP contribution >= 0.6 is 11.9 Å². The molecule has 116 valence electrons. The van der Waals surface area contributed by atoms with Gasteiger partial charge in [-0.2, -0.15) is 0 Å². The van der Waals surface area contributed by atoms with Gasteiger partial charge in [0.15, 0.2) is 0 Å². The molecular weight excluding hydrogens is 286 g/mol. The summed E-state index contributed by atoms with van der Waals surface area (Å²) in [6, 6.07) is 0.214. The third kappa shape index (κ3) is 5.75. The second-order valence-corrected chi connectivity index (χ2v) is 6.08. The molecule has 1 atom stereocenters. The molecule has 1 N–H and O–H groups in total. The van der Waals surface area contributed by atoms with Gasteiger partial charge in [-0.3, -0.25) is 18.9 Å². The zero-order chi connectivity index (χ0) is 15.8. The number of carbonyl (C=O) groups is 2. The number of hydrogen-bond acceptors (Lipinski definition) is 4. The molecule has 2 amide bonds. The number of aliphatic imine (C=N–C) groups is 1. The van der Waals surface area contributed by atoms with Crippen molar-refractivity contribution in [2.45, 2.75) is 46.6 Å². The molecule has 0 bridgehead atoms. The largest absolute Gasteiger partial charge is 0.331 e. The van der Waals surface area contributed by atoms with Crippen LogP contribution in [0.15, 0.2) is 28.4 Å². The fourth-order valence-corrected chi connectivity index (χ4v) is 2.86. The number of amides is 2. The lowest BCUT2D eigenvalue weighted by Crippen LogP contribution is -2.31. The molecule has 1 unspecified atom stereocenters. The molecule has 1 aliphatic heterocycles. The van der Waals surface area contributed by atoms with Crippen molar-refractivity contribution in [1.29, 1.82) is 0 Å². The summed E-state index contributed by atoms with van der Waals surface area (Å²) in [6.07, 6.45) is 5.91. The van der Waals surface area contributed by atoms with Crippen LogP contribution in [0.1, 0.15) is 40.5 Å². The molecule has 0 saturated carbocycles. The van der Waals surface area contributed by atoms with Gasteiger partial charge in [-0.05, 0) is 45.4 Å². The molecule has 0 radical (unpaired) electrons. The number of rotatable bonds is 6. The highest BCUT2D eigenvalue weighted by atomic mass is 32.2. The summed E-state index contributed by atoms with van der Waals surface area (Å²) in [5.41, 5.74) is 2.37. The van der Waals surface area contributed by atoms with Crippen LogP contribution in [-0.2, 0) is 9.59 Å². The maximum absolute atomic E-state index is 11.7. The zero-order valence-electron chi connectivity index (χ0n) is 13.0. The van der Waals surface area contributed by atoms with Crippen LogP contribution in [-0.4, -0.2) is 34.3 Å². The van der Waals surface area contributed by atoms with Crippen molar-refractivity contribution in [3.05, 3.63) is 23.4 Å². The molecule has 1 aliphatic rings. The van der Waals surface area contributed by atoms with Gasteiger partial charge in [-0.15, -0.1) is 0 Å². The smallest absolute Gasteiger partial charge is 0.244 e. The van der Waals surface area contributed by atoms with E-state index in [0.29, 0.717) is 6.41 Å². The number of carbonyl (C=O) groups excluding carboxylic acids is 2. The van der Waals surface area contributed by atoms with Crippen LogP contribution < -0.4 is 5.32 Å². The first-order valence-corrected chi connectivity index (χ1v) is 7.84. The molecule has 0 spiro atoms. The molecule has 0 aliphatic carbocycles. The maximum Gasteiger partial charge on any atom is 0.244 e. The summed E-state index contributed by atoms with van der Waals surface area (Å²) >= 11 is 1.22. The normalized spacial score (nSPS) is 18.7. The Morgan fingerprint density at radius 3 is 2.86 bits per heavy atom. The fourth-order valence-electron chi connectivity index (χ4n) is 1.87. The highest BCUT2D eigenvalue weighted by molar-refractivity contribution is 8.12. The van der Waals surface area contributed by atoms with Gasteiger partial charge in [0, 0.05) is 11.9 Å². The van der Waals surface area contributed by atoms with E-state index in [1.807, 2.05) is 26.8 Å². The minimum Gasteiger partial charge on any atom is -0.331 e. The molecule has 5 nitrogen and oxygen atoms in total. The van der Waals surface area contributed by atoms with E-state index in [9.17, 15) is 9.59 Å². The van der Waals surface area contributed by atoms with Crippen LogP contribution in [0.25, 0.3) is 0 Å². The molecule has 0 aromatic carbocycles.